The molecule has 0 aromatic carbocycles. The van der Waals surface area contributed by atoms with Gasteiger partial charge in [-0.15, -0.1) is 0 Å². The Labute approximate surface area is 142 Å². The molecule has 0 aromatic heterocycles. The molecule has 0 atom stereocenters. The van der Waals surface area contributed by atoms with Crippen molar-refractivity contribution < 1.29 is 32.0 Å². The fourth-order valence-corrected chi connectivity index (χ4v) is 5.44. The van der Waals surface area contributed by atoms with Crippen LogP contribution in [0.25, 0.3) is 0 Å². The number of carbonyl (C=O) groups excluding carboxylic acids is 2. The molecule has 1 aliphatic rings. The topological polar surface area (TPSA) is 95.7 Å². The van der Waals surface area contributed by atoms with E-state index >= 15 is 0 Å². The molecular formula is C13H17F2INO5P. The summed E-state index contributed by atoms with van der Waals surface area (Å²) in [6.45, 7) is 3.34. The first-order valence-corrected chi connectivity index (χ1v) is 10.5. The van der Waals surface area contributed by atoms with Crippen LogP contribution in [0, 0.1) is 0 Å². The Morgan fingerprint density at radius 1 is 1.39 bits per heavy atom. The standard InChI is InChI=1S/C13H17F2INO5P/c1-4-21-23(20,22-5-2)13(14,15)12(19)9-6-16-10(7-17)11(18)8(9)3/h6-7H,4-5,17H2,1-3H3. The number of carbonyl (C=O) groups is 2. The summed E-state index contributed by atoms with van der Waals surface area (Å²) in [6, 6.07) is 0. The zero-order valence-electron chi connectivity index (χ0n) is 12.8. The lowest BCUT2D eigenvalue weighted by Gasteiger charge is -2.25. The van der Waals surface area contributed by atoms with Crippen LogP contribution >= 0.6 is 28.3 Å². The zero-order chi connectivity index (χ0) is 17.8. The SMILES string of the molecule is CCOP(=O)(OCC)C(F)(F)C(=O)C1=C(C)C(=O)C(=CN)I=C1. The van der Waals surface area contributed by atoms with E-state index in [4.69, 9.17) is 5.73 Å². The van der Waals surface area contributed by atoms with Crippen molar-refractivity contribution in [3.63, 3.8) is 0 Å². The minimum Gasteiger partial charge on any atom is -0.404 e. The Morgan fingerprint density at radius 3 is 2.35 bits per heavy atom. The minimum atomic E-state index is -4.99. The van der Waals surface area contributed by atoms with E-state index in [1.54, 1.807) is 0 Å². The van der Waals surface area contributed by atoms with Crippen LogP contribution in [-0.2, 0) is 23.2 Å². The smallest absolute Gasteiger partial charge is 0.404 e. The van der Waals surface area contributed by atoms with E-state index in [-0.39, 0.29) is 18.8 Å². The van der Waals surface area contributed by atoms with Crippen molar-refractivity contribution in [3.05, 3.63) is 20.9 Å². The highest BCUT2D eigenvalue weighted by Crippen LogP contribution is 2.62. The number of nitrogens with two attached hydrogens (primary N) is 1. The molecule has 0 aromatic rings. The molecule has 23 heavy (non-hydrogen) atoms. The lowest BCUT2D eigenvalue weighted by Crippen LogP contribution is -2.34. The van der Waals surface area contributed by atoms with Crippen molar-refractivity contribution in [1.29, 1.82) is 0 Å². The maximum atomic E-state index is 14.4. The van der Waals surface area contributed by atoms with Gasteiger partial charge in [-0.25, -0.2) is 0 Å². The predicted octanol–water partition coefficient (Wildman–Crippen LogP) is 2.89. The van der Waals surface area contributed by atoms with Crippen LogP contribution in [0.15, 0.2) is 20.9 Å². The molecule has 0 spiro atoms. The summed E-state index contributed by atoms with van der Waals surface area (Å²) in [5, 5.41) is 0. The molecule has 0 unspecified atom stereocenters. The highest BCUT2D eigenvalue weighted by Gasteiger charge is 2.60. The summed E-state index contributed by atoms with van der Waals surface area (Å²) < 4.78 is 51.9. The molecular weight excluding hydrogens is 446 g/mol. The van der Waals surface area contributed by atoms with Crippen LogP contribution < -0.4 is 5.73 Å². The van der Waals surface area contributed by atoms with Crippen LogP contribution in [0.2, 0.25) is 0 Å². The van der Waals surface area contributed by atoms with Crippen molar-refractivity contribution in [1.82, 2.24) is 0 Å². The van der Waals surface area contributed by atoms with Crippen molar-refractivity contribution >= 4 is 43.9 Å². The molecule has 0 bridgehead atoms. The molecule has 130 valence electrons. The summed E-state index contributed by atoms with van der Waals surface area (Å²) in [5.74, 6) is -2.28. The third kappa shape index (κ3) is 3.84. The number of rotatable bonds is 7. The number of hydrogen-bond acceptors (Lipinski definition) is 6. The normalized spacial score (nSPS) is 18.3. The van der Waals surface area contributed by atoms with Gasteiger partial charge in [-0.3, -0.25) is 14.2 Å². The molecule has 0 saturated heterocycles. The van der Waals surface area contributed by atoms with Gasteiger partial charge in [-0.2, -0.15) is 8.78 Å². The van der Waals surface area contributed by atoms with Crippen molar-refractivity contribution in [2.75, 3.05) is 13.2 Å². The fraction of sp³-hybridized carbons (Fsp3) is 0.462. The van der Waals surface area contributed by atoms with Gasteiger partial charge in [0.1, 0.15) is 0 Å². The first kappa shape index (κ1) is 20.3. The van der Waals surface area contributed by atoms with E-state index in [0.717, 1.165) is 6.20 Å². The largest absolute Gasteiger partial charge is 0.408 e. The lowest BCUT2D eigenvalue weighted by molar-refractivity contribution is -0.131. The van der Waals surface area contributed by atoms with Crippen LogP contribution in [0.5, 0.6) is 0 Å². The third-order valence-corrected chi connectivity index (χ3v) is 7.39. The van der Waals surface area contributed by atoms with E-state index < -0.39 is 51.1 Å². The van der Waals surface area contributed by atoms with Gasteiger partial charge in [-0.05, 0) is 24.8 Å². The van der Waals surface area contributed by atoms with Crippen LogP contribution in [0.4, 0.5) is 8.78 Å². The molecule has 0 amide bonds. The molecule has 10 heteroatoms. The van der Waals surface area contributed by atoms with E-state index in [2.05, 4.69) is 9.05 Å². The van der Waals surface area contributed by atoms with Crippen molar-refractivity contribution in [2.24, 2.45) is 5.73 Å². The summed E-state index contributed by atoms with van der Waals surface area (Å²) in [4.78, 5) is 24.2. The molecule has 0 aliphatic carbocycles. The van der Waals surface area contributed by atoms with Gasteiger partial charge in [0, 0.05) is 17.3 Å². The highest BCUT2D eigenvalue weighted by molar-refractivity contribution is 14.2. The average Bonchev–Trinajstić information content (AvgIpc) is 2.49. The first-order chi connectivity index (χ1) is 10.7. The third-order valence-electron chi connectivity index (χ3n) is 2.85. The van der Waals surface area contributed by atoms with Crippen LogP contribution in [0.1, 0.15) is 20.8 Å². The van der Waals surface area contributed by atoms with Crippen molar-refractivity contribution in [3.8, 4) is 0 Å². The summed E-state index contributed by atoms with van der Waals surface area (Å²) in [7, 11) is -4.99. The lowest BCUT2D eigenvalue weighted by atomic mass is 10.0. The fourth-order valence-electron chi connectivity index (χ4n) is 1.70. The van der Waals surface area contributed by atoms with Crippen molar-refractivity contribution in [2.45, 2.75) is 26.4 Å². The molecule has 1 rings (SSSR count). The quantitative estimate of drug-likeness (QED) is 0.355. The van der Waals surface area contributed by atoms with Gasteiger partial charge < -0.3 is 14.8 Å². The Hall–Kier alpha value is -0.770. The number of alkyl halides is 2. The maximum Gasteiger partial charge on any atom is 0.408 e. The molecule has 0 radical (unpaired) electrons. The Bertz CT molecular complexity index is 647. The summed E-state index contributed by atoms with van der Waals surface area (Å²) in [6.07, 6.45) is 1.11. The van der Waals surface area contributed by atoms with Crippen LogP contribution in [-0.4, -0.2) is 34.5 Å². The van der Waals surface area contributed by atoms with E-state index in [1.807, 2.05) is 0 Å². The molecule has 1 aliphatic heterocycles. The van der Waals surface area contributed by atoms with Gasteiger partial charge in [0.15, 0.2) is 5.78 Å². The molecule has 0 saturated carbocycles. The van der Waals surface area contributed by atoms with E-state index in [0.29, 0.717) is 3.58 Å². The summed E-state index contributed by atoms with van der Waals surface area (Å²) in [5.41, 5.74) is 0.319. The number of allylic oxidation sites excluding steroid dienone is 3. The van der Waals surface area contributed by atoms with E-state index in [1.165, 1.54) is 24.8 Å². The molecule has 2 N–H and O–H groups in total. The molecule has 6 nitrogen and oxygen atoms in total. The monoisotopic (exact) mass is 463 g/mol. The second-order valence-corrected chi connectivity index (χ2v) is 8.78. The van der Waals surface area contributed by atoms with Crippen LogP contribution in [0.3, 0.4) is 0 Å². The highest BCUT2D eigenvalue weighted by atomic mass is 127. The number of halogens is 3. The number of ketones is 2. The zero-order valence-corrected chi connectivity index (χ0v) is 15.8. The number of hydrogen-bond donors (Lipinski definition) is 1. The van der Waals surface area contributed by atoms with Gasteiger partial charge in [0.25, 0.3) is 0 Å². The van der Waals surface area contributed by atoms with E-state index in [9.17, 15) is 22.9 Å². The van der Waals surface area contributed by atoms with Gasteiger partial charge >= 0.3 is 13.3 Å². The molecule has 0 fully saturated rings. The van der Waals surface area contributed by atoms with Gasteiger partial charge in [-0.1, -0.05) is 20.7 Å². The minimum absolute atomic E-state index is 0.156. The number of Topliss-reactive ketones (excluding diaryl/α,β-unsaturated/α-hetero) is 2. The maximum absolute atomic E-state index is 14.4. The second kappa shape index (κ2) is 7.87. The second-order valence-electron chi connectivity index (χ2n) is 4.30. The first-order valence-electron chi connectivity index (χ1n) is 6.62. The van der Waals surface area contributed by atoms with Gasteiger partial charge in [0.05, 0.1) is 16.8 Å². The van der Waals surface area contributed by atoms with Gasteiger partial charge in [0.2, 0.25) is 5.78 Å². The predicted molar refractivity (Wildman–Crippen MR) is 90.9 cm³/mol. The Morgan fingerprint density at radius 2 is 1.91 bits per heavy atom. The Balaban J connectivity index is 3.32. The Kier molecular flexibility index (Phi) is 6.94. The average molecular weight is 463 g/mol. The summed E-state index contributed by atoms with van der Waals surface area (Å²) >= 11 is -1.12. The molecule has 1 heterocycles.